The van der Waals surface area contributed by atoms with Crippen LogP contribution >= 0.6 is 11.6 Å². The number of aryl methyl sites for hydroxylation is 1. The summed E-state index contributed by atoms with van der Waals surface area (Å²) in [6.07, 6.45) is -0.844. The van der Waals surface area contributed by atoms with Crippen molar-refractivity contribution >= 4 is 40.2 Å². The van der Waals surface area contributed by atoms with E-state index in [-0.39, 0.29) is 42.6 Å². The number of aliphatic hydroxyl groups is 2. The number of halogens is 3. The molecule has 2 aromatic carbocycles. The summed E-state index contributed by atoms with van der Waals surface area (Å²) >= 11 is 5.95. The molecule has 2 amide bonds. The van der Waals surface area contributed by atoms with Crippen LogP contribution in [0.25, 0.3) is 10.8 Å². The summed E-state index contributed by atoms with van der Waals surface area (Å²) in [4.78, 5) is 26.4. The molecule has 0 aliphatic rings. The summed E-state index contributed by atoms with van der Waals surface area (Å²) in [6, 6.07) is 8.77. The Bertz CT molecular complexity index is 1280. The molecule has 0 saturated heterocycles. The fraction of sp³-hybridized carbons (Fsp3) is 0.320. The Balaban J connectivity index is 1.64. The molecule has 0 spiro atoms. The molecule has 0 aliphatic heterocycles. The molecule has 2 atom stereocenters. The van der Waals surface area contributed by atoms with E-state index in [4.69, 9.17) is 16.3 Å². The number of ether oxygens (including phenoxy) is 1. The van der Waals surface area contributed by atoms with E-state index in [0.29, 0.717) is 21.1 Å². The summed E-state index contributed by atoms with van der Waals surface area (Å²) in [5.74, 6) is -1.56. The predicted molar refractivity (Wildman–Crippen MR) is 130 cm³/mol. The number of anilines is 1. The van der Waals surface area contributed by atoms with Crippen LogP contribution < -0.4 is 10.0 Å². The van der Waals surface area contributed by atoms with E-state index in [2.05, 4.69) is 5.32 Å². The van der Waals surface area contributed by atoms with Crippen molar-refractivity contribution in [2.75, 3.05) is 25.6 Å². The van der Waals surface area contributed by atoms with E-state index in [9.17, 15) is 33.8 Å². The van der Waals surface area contributed by atoms with Gasteiger partial charge in [-0.15, -0.1) is 0 Å². The number of nitrogens with zero attached hydrogens (tertiary/aromatic N) is 2. The van der Waals surface area contributed by atoms with Crippen molar-refractivity contribution in [1.82, 2.24) is 4.90 Å². The van der Waals surface area contributed by atoms with E-state index < -0.39 is 36.5 Å². The maximum atomic E-state index is 13.7. The topological polar surface area (TPSA) is 123 Å². The molecule has 0 aliphatic carbocycles. The zero-order chi connectivity index (χ0) is 27.1. The third kappa shape index (κ3) is 7.48. The van der Waals surface area contributed by atoms with Gasteiger partial charge in [-0.3, -0.25) is 4.79 Å². The van der Waals surface area contributed by atoms with E-state index in [0.717, 1.165) is 0 Å². The van der Waals surface area contributed by atoms with Crippen LogP contribution in [0.15, 0.2) is 48.7 Å². The second-order valence-electron chi connectivity index (χ2n) is 8.44. The number of likely N-dealkylation sites (N-methyl/N-ethyl adjacent to an activating group) is 1. The molecule has 0 radical (unpaired) electrons. The number of benzene rings is 2. The van der Waals surface area contributed by atoms with E-state index in [1.54, 1.807) is 6.07 Å². The number of aliphatic hydroxyl groups excluding tert-OH is 2. The normalized spacial score (nSPS) is 12.7. The number of hydrogen-bond acceptors (Lipinski definition) is 6. The van der Waals surface area contributed by atoms with Gasteiger partial charge in [0.2, 0.25) is 5.91 Å². The number of amides is 2. The first kappa shape index (κ1) is 28.0. The van der Waals surface area contributed by atoms with Crippen LogP contribution in [0, 0.1) is 11.6 Å². The molecule has 0 bridgehead atoms. The summed E-state index contributed by atoms with van der Waals surface area (Å²) in [6.45, 7) is -0.915. The number of rotatable bonds is 10. The fourth-order valence-corrected chi connectivity index (χ4v) is 3.92. The van der Waals surface area contributed by atoms with Gasteiger partial charge >= 0.3 is 11.9 Å². The van der Waals surface area contributed by atoms with Crippen LogP contribution in [0.1, 0.15) is 18.4 Å². The number of carbonyl (C=O) groups is 2. The number of fused-ring (bicyclic) bond motifs is 1. The third-order valence-corrected chi connectivity index (χ3v) is 6.25. The van der Waals surface area contributed by atoms with Gasteiger partial charge in [-0.2, -0.15) is 10.1 Å². The smallest absolute Gasteiger partial charge is 0.429 e. The fourth-order valence-electron chi connectivity index (χ4n) is 3.70. The lowest BCUT2D eigenvalue weighted by atomic mass is 10.1. The summed E-state index contributed by atoms with van der Waals surface area (Å²) in [7, 11) is 1.45. The minimum Gasteiger partial charge on any atom is -0.429 e. The Labute approximate surface area is 216 Å². The van der Waals surface area contributed by atoms with Crippen molar-refractivity contribution in [1.29, 1.82) is 0 Å². The molecule has 198 valence electrons. The average Bonchev–Trinajstić information content (AvgIpc) is 2.87. The molecule has 3 aromatic rings. The van der Waals surface area contributed by atoms with Crippen LogP contribution in [-0.2, 0) is 16.0 Å². The number of pyridine rings is 1. The molecule has 3 rings (SSSR count). The molecule has 12 heteroatoms. The molecule has 4 N–H and O–H groups in total. The van der Waals surface area contributed by atoms with E-state index in [1.165, 1.54) is 54.5 Å². The number of carbonyl (C=O) groups excluding carboxylic acids is 2. The maximum absolute atomic E-state index is 13.7. The molecular weight excluding hydrogens is 512 g/mol. The van der Waals surface area contributed by atoms with E-state index in [1.807, 2.05) is 0 Å². The summed E-state index contributed by atoms with van der Waals surface area (Å²) in [5, 5.41) is 32.5. The lowest BCUT2D eigenvalue weighted by molar-refractivity contribution is -0.892. The first-order chi connectivity index (χ1) is 17.6. The van der Waals surface area contributed by atoms with Crippen molar-refractivity contribution in [3.63, 3.8) is 0 Å². The van der Waals surface area contributed by atoms with Crippen LogP contribution in [-0.4, -0.2) is 64.7 Å². The van der Waals surface area contributed by atoms with Gasteiger partial charge in [0.15, 0.2) is 0 Å². The van der Waals surface area contributed by atoms with Gasteiger partial charge in [-0.1, -0.05) is 28.5 Å². The van der Waals surface area contributed by atoms with Gasteiger partial charge in [0.05, 0.1) is 23.8 Å². The Morgan fingerprint density at radius 3 is 2.68 bits per heavy atom. The summed E-state index contributed by atoms with van der Waals surface area (Å²) in [5.41, 5.74) is 0.457. The Morgan fingerprint density at radius 1 is 1.19 bits per heavy atom. The zero-order valence-corrected chi connectivity index (χ0v) is 20.7. The molecule has 0 fully saturated rings. The van der Waals surface area contributed by atoms with Crippen LogP contribution in [0.4, 0.5) is 19.4 Å². The van der Waals surface area contributed by atoms with Crippen LogP contribution in [0.3, 0.4) is 0 Å². The van der Waals surface area contributed by atoms with Gasteiger partial charge in [-0.05, 0) is 48.1 Å². The van der Waals surface area contributed by atoms with Crippen LogP contribution in [0.5, 0.6) is 0 Å². The highest BCUT2D eigenvalue weighted by Crippen LogP contribution is 2.22. The van der Waals surface area contributed by atoms with Gasteiger partial charge in [-0.25, -0.2) is 8.78 Å². The third-order valence-electron chi connectivity index (χ3n) is 5.82. The standard InChI is InChI=1S/C25H26ClF2N3O6/c1-30(23(34)8-6-15-3-2-4-21(28)24(15)26)19(11-20(33)13-32)14-37-25(35)29-22-10-17-9-18(27)7-5-16(17)12-31(22)36/h2-5,7,9-10,12,19-20,32-33,36H,6,8,11,13-14H2,1H3/p+1/t19-,20+/m0/s1. The monoisotopic (exact) mass is 538 g/mol. The van der Waals surface area contributed by atoms with Crippen molar-refractivity contribution in [2.24, 2.45) is 0 Å². The quantitative estimate of drug-likeness (QED) is 0.232. The number of aromatic nitrogens is 1. The molecule has 0 unspecified atom stereocenters. The first-order valence-electron chi connectivity index (χ1n) is 11.3. The van der Waals surface area contributed by atoms with Gasteiger partial charge in [0.25, 0.3) is 0 Å². The van der Waals surface area contributed by atoms with Crippen molar-refractivity contribution < 1.29 is 43.3 Å². The highest BCUT2D eigenvalue weighted by Gasteiger charge is 2.26. The lowest BCUT2D eigenvalue weighted by Crippen LogP contribution is -2.44. The highest BCUT2D eigenvalue weighted by molar-refractivity contribution is 6.31. The zero-order valence-electron chi connectivity index (χ0n) is 19.9. The Hall–Kier alpha value is -3.54. The second-order valence-corrected chi connectivity index (χ2v) is 8.82. The Kier molecular flexibility index (Phi) is 9.56. The average molecular weight is 539 g/mol. The molecule has 1 heterocycles. The molecule has 1 aromatic heterocycles. The van der Waals surface area contributed by atoms with Crippen LogP contribution in [0.2, 0.25) is 5.02 Å². The number of hydrogen-bond donors (Lipinski definition) is 4. The first-order valence-corrected chi connectivity index (χ1v) is 11.7. The summed E-state index contributed by atoms with van der Waals surface area (Å²) < 4.78 is 33.0. The van der Waals surface area contributed by atoms with Gasteiger partial charge in [0, 0.05) is 24.9 Å². The van der Waals surface area contributed by atoms with Crippen molar-refractivity contribution in [3.05, 3.63) is 70.9 Å². The molecule has 0 saturated carbocycles. The van der Waals surface area contributed by atoms with E-state index >= 15 is 0 Å². The van der Waals surface area contributed by atoms with Crippen molar-refractivity contribution in [2.45, 2.75) is 31.4 Å². The minimum atomic E-state index is -1.18. The van der Waals surface area contributed by atoms with Gasteiger partial charge < -0.3 is 25.1 Å². The lowest BCUT2D eigenvalue weighted by Gasteiger charge is -2.29. The largest absolute Gasteiger partial charge is 0.505 e. The van der Waals surface area contributed by atoms with Gasteiger partial charge in [0.1, 0.15) is 24.4 Å². The molecule has 9 nitrogen and oxygen atoms in total. The molecular formula is C25H27ClF2N3O6+. The predicted octanol–water partition coefficient (Wildman–Crippen LogP) is 3.05. The Morgan fingerprint density at radius 2 is 1.95 bits per heavy atom. The number of nitrogens with one attached hydrogen (secondary N) is 1. The maximum Gasteiger partial charge on any atom is 0.505 e. The van der Waals surface area contributed by atoms with Crippen molar-refractivity contribution in [3.8, 4) is 0 Å². The highest BCUT2D eigenvalue weighted by atomic mass is 35.5. The SMILES string of the molecule is CN(C(=O)CCc1cccc(F)c1Cl)[C@H](COC(=O)Nc1cc2cc(F)ccc2c[n+]1O)C[C@@H](O)CO. The molecule has 37 heavy (non-hydrogen) atoms. The minimum absolute atomic E-state index is 0.0320. The second kappa shape index (κ2) is 12.6.